The summed E-state index contributed by atoms with van der Waals surface area (Å²) in [6, 6.07) is -1.24. The van der Waals surface area contributed by atoms with Crippen LogP contribution in [0.15, 0.2) is 24.3 Å². The fraction of sp³-hybridized carbons (Fsp3) is 0.872. The van der Waals surface area contributed by atoms with Gasteiger partial charge in [0.05, 0.1) is 31.3 Å². The van der Waals surface area contributed by atoms with Gasteiger partial charge in [-0.25, -0.2) is 4.57 Å². The number of unbranched alkanes of at least 4 members (excludes halogenated alkanes) is 17. The molecule has 14 heteroatoms. The van der Waals surface area contributed by atoms with Crippen molar-refractivity contribution >= 4 is 13.7 Å². The first-order valence-corrected chi connectivity index (χ1v) is 21.9. The van der Waals surface area contributed by atoms with E-state index in [1.165, 1.54) is 63.9 Å². The first-order chi connectivity index (χ1) is 25.3. The minimum Gasteiger partial charge on any atom is -0.393 e. The average molecular weight is 780 g/mol. The van der Waals surface area contributed by atoms with E-state index in [0.717, 1.165) is 64.2 Å². The van der Waals surface area contributed by atoms with E-state index in [-0.39, 0.29) is 6.42 Å². The first kappa shape index (κ1) is 49.8. The molecule has 0 aromatic heterocycles. The Morgan fingerprint density at radius 3 is 1.62 bits per heavy atom. The van der Waals surface area contributed by atoms with Gasteiger partial charge in [-0.3, -0.25) is 13.8 Å². The quantitative estimate of drug-likeness (QED) is 0.0243. The zero-order chi connectivity index (χ0) is 39.5. The van der Waals surface area contributed by atoms with Gasteiger partial charge in [-0.05, 0) is 44.9 Å². The van der Waals surface area contributed by atoms with Gasteiger partial charge in [-0.2, -0.15) is 0 Å². The maximum Gasteiger partial charge on any atom is 0.472 e. The zero-order valence-corrected chi connectivity index (χ0v) is 33.3. The molecule has 1 aliphatic rings. The highest BCUT2D eigenvalue weighted by atomic mass is 31.2. The molecule has 9 N–H and O–H groups in total. The summed E-state index contributed by atoms with van der Waals surface area (Å²) < 4.78 is 22.7. The Kier molecular flexibility index (Phi) is 28.2. The van der Waals surface area contributed by atoms with Gasteiger partial charge in [0.1, 0.15) is 36.6 Å². The van der Waals surface area contributed by atoms with E-state index in [4.69, 9.17) is 9.05 Å². The van der Waals surface area contributed by atoms with Crippen LogP contribution in [0.4, 0.5) is 0 Å². The summed E-state index contributed by atoms with van der Waals surface area (Å²) in [4.78, 5) is 23.3. The predicted molar refractivity (Wildman–Crippen MR) is 206 cm³/mol. The Balaban J connectivity index is 2.63. The number of rotatable bonds is 32. The van der Waals surface area contributed by atoms with E-state index in [9.17, 15) is 50.0 Å². The lowest BCUT2D eigenvalue weighted by Gasteiger charge is -2.41. The molecule has 13 nitrogen and oxygen atoms in total. The van der Waals surface area contributed by atoms with Crippen molar-refractivity contribution in [2.45, 2.75) is 210 Å². The highest BCUT2D eigenvalue weighted by molar-refractivity contribution is 7.47. The highest BCUT2D eigenvalue weighted by Gasteiger charge is 2.51. The number of nitrogens with one attached hydrogen (secondary N) is 1. The second-order valence-corrected chi connectivity index (χ2v) is 16.1. The number of hydrogen-bond donors (Lipinski definition) is 9. The Hall–Kier alpha value is -1.22. The summed E-state index contributed by atoms with van der Waals surface area (Å²) in [7, 11) is -5.13. The smallest absolute Gasteiger partial charge is 0.393 e. The largest absolute Gasteiger partial charge is 0.472 e. The number of carbonyl (C=O) groups excluding carboxylic acids is 1. The zero-order valence-electron chi connectivity index (χ0n) is 32.4. The molecule has 53 heavy (non-hydrogen) atoms. The van der Waals surface area contributed by atoms with E-state index < -0.39 is 75.2 Å². The Morgan fingerprint density at radius 2 is 1.09 bits per heavy atom. The van der Waals surface area contributed by atoms with E-state index in [1.807, 2.05) is 0 Å². The SMILES string of the molecule is CCCCCC/C=C\CCCCCCCC(O)CC(=O)NC(COP(=O)(O)OC1C(O)C(O)C(O)C(O)C1O)C(O)/C=C/CCCCCCCCCC. The third-order valence-corrected chi connectivity index (χ3v) is 10.8. The van der Waals surface area contributed by atoms with Crippen molar-refractivity contribution in [2.75, 3.05) is 6.61 Å². The Morgan fingerprint density at radius 1 is 0.660 bits per heavy atom. The van der Waals surface area contributed by atoms with Crippen LogP contribution in [0.5, 0.6) is 0 Å². The molecule has 0 aliphatic heterocycles. The maximum atomic E-state index is 12.9. The molecule has 0 spiro atoms. The average Bonchev–Trinajstić information content (AvgIpc) is 3.12. The molecule has 1 aliphatic carbocycles. The number of amides is 1. The van der Waals surface area contributed by atoms with Crippen LogP contribution in [-0.2, 0) is 18.4 Å². The molecule has 1 amide bonds. The summed E-state index contributed by atoms with van der Waals surface area (Å²) in [6.07, 6.45) is 15.8. The second kappa shape index (κ2) is 30.0. The van der Waals surface area contributed by atoms with E-state index in [1.54, 1.807) is 6.08 Å². The molecule has 1 rings (SSSR count). The number of allylic oxidation sites excluding steroid dienone is 3. The minimum atomic E-state index is -5.13. The van der Waals surface area contributed by atoms with Gasteiger partial charge in [-0.15, -0.1) is 0 Å². The molecular weight excluding hydrogens is 705 g/mol. The topological polar surface area (TPSA) is 226 Å². The van der Waals surface area contributed by atoms with E-state index >= 15 is 0 Å². The molecule has 8 unspecified atom stereocenters. The molecule has 8 atom stereocenters. The molecule has 1 saturated carbocycles. The van der Waals surface area contributed by atoms with Crippen LogP contribution in [0, 0.1) is 0 Å². The van der Waals surface area contributed by atoms with Crippen LogP contribution < -0.4 is 5.32 Å². The number of carbonyl (C=O) groups is 1. The molecule has 0 bridgehead atoms. The van der Waals surface area contributed by atoms with Crippen LogP contribution in [0.1, 0.15) is 155 Å². The van der Waals surface area contributed by atoms with Gasteiger partial charge < -0.3 is 46.0 Å². The number of hydrogen-bond acceptors (Lipinski definition) is 11. The van der Waals surface area contributed by atoms with Crippen LogP contribution in [-0.4, -0.2) is 108 Å². The normalized spacial score (nSPS) is 25.1. The monoisotopic (exact) mass is 779 g/mol. The fourth-order valence-electron chi connectivity index (χ4n) is 6.35. The molecule has 1 fully saturated rings. The van der Waals surface area contributed by atoms with Gasteiger partial charge in [0.15, 0.2) is 0 Å². The standard InChI is InChI=1S/C39H74NO12P/c1-3-5-7-9-11-13-15-16-17-18-20-22-24-26-30(41)28-33(43)40-31(32(42)27-25-23-21-19-14-12-10-8-6-4-2)29-51-53(49,50)52-39-37(47)35(45)34(44)36(46)38(39)48/h13,15,25,27,30-32,34-39,41-42,44-48H,3-12,14,16-24,26,28-29H2,1-2H3,(H,40,43)(H,49,50)/b15-13-,27-25+. The lowest BCUT2D eigenvalue weighted by Crippen LogP contribution is -2.64. The lowest BCUT2D eigenvalue weighted by atomic mass is 9.85. The van der Waals surface area contributed by atoms with E-state index in [0.29, 0.717) is 12.8 Å². The summed E-state index contributed by atoms with van der Waals surface area (Å²) in [5.74, 6) is -0.602. The van der Waals surface area contributed by atoms with Crippen molar-refractivity contribution in [3.8, 4) is 0 Å². The number of aliphatic hydroxyl groups excluding tert-OH is 7. The first-order valence-electron chi connectivity index (χ1n) is 20.4. The molecule has 0 aromatic rings. The molecule has 312 valence electrons. The summed E-state index contributed by atoms with van der Waals surface area (Å²) >= 11 is 0. The van der Waals surface area contributed by atoms with E-state index in [2.05, 4.69) is 31.3 Å². The summed E-state index contributed by atoms with van der Waals surface area (Å²) in [6.45, 7) is 3.66. The molecule has 0 heterocycles. The third kappa shape index (κ3) is 22.8. The molecular formula is C39H74NO12P. The van der Waals surface area contributed by atoms with Gasteiger partial charge in [-0.1, -0.05) is 128 Å². The van der Waals surface area contributed by atoms with Gasteiger partial charge in [0.25, 0.3) is 0 Å². The van der Waals surface area contributed by atoms with Gasteiger partial charge >= 0.3 is 7.82 Å². The molecule has 0 aromatic carbocycles. The Bertz CT molecular complexity index is 1020. The van der Waals surface area contributed by atoms with Crippen molar-refractivity contribution < 1.29 is 59.0 Å². The van der Waals surface area contributed by atoms with Gasteiger partial charge in [0, 0.05) is 0 Å². The number of phosphoric ester groups is 1. The third-order valence-electron chi connectivity index (χ3n) is 9.78. The highest BCUT2D eigenvalue weighted by Crippen LogP contribution is 2.47. The van der Waals surface area contributed by atoms with Crippen molar-refractivity contribution in [2.24, 2.45) is 0 Å². The van der Waals surface area contributed by atoms with Crippen molar-refractivity contribution in [1.82, 2.24) is 5.32 Å². The molecule has 0 saturated heterocycles. The summed E-state index contributed by atoms with van der Waals surface area (Å²) in [5.41, 5.74) is 0. The van der Waals surface area contributed by atoms with Crippen molar-refractivity contribution in [3.63, 3.8) is 0 Å². The van der Waals surface area contributed by atoms with Crippen LogP contribution >= 0.6 is 7.82 Å². The minimum absolute atomic E-state index is 0.250. The fourth-order valence-corrected chi connectivity index (χ4v) is 7.32. The van der Waals surface area contributed by atoms with Crippen LogP contribution in [0.3, 0.4) is 0 Å². The molecule has 0 radical (unpaired) electrons. The van der Waals surface area contributed by atoms with Gasteiger partial charge in [0.2, 0.25) is 5.91 Å². The number of aliphatic hydroxyl groups is 7. The number of phosphoric acid groups is 1. The summed E-state index contributed by atoms with van der Waals surface area (Å²) in [5, 5.41) is 74.0. The van der Waals surface area contributed by atoms with Crippen molar-refractivity contribution in [3.05, 3.63) is 24.3 Å². The Labute approximate surface area is 318 Å². The lowest BCUT2D eigenvalue weighted by molar-refractivity contribution is -0.220. The predicted octanol–water partition coefficient (Wildman–Crippen LogP) is 5.25. The second-order valence-electron chi connectivity index (χ2n) is 14.7. The maximum absolute atomic E-state index is 12.9. The van der Waals surface area contributed by atoms with Crippen molar-refractivity contribution in [1.29, 1.82) is 0 Å². The van der Waals surface area contributed by atoms with Crippen LogP contribution in [0.2, 0.25) is 0 Å². The van der Waals surface area contributed by atoms with Crippen LogP contribution in [0.25, 0.3) is 0 Å².